The van der Waals surface area contributed by atoms with Crippen LogP contribution in [-0.4, -0.2) is 31.4 Å². The van der Waals surface area contributed by atoms with Crippen LogP contribution >= 0.6 is 0 Å². The fraction of sp³-hybridized carbons (Fsp3) is 0.417. The van der Waals surface area contributed by atoms with Gasteiger partial charge in [0.15, 0.2) is 5.78 Å². The van der Waals surface area contributed by atoms with E-state index in [-0.39, 0.29) is 12.2 Å². The van der Waals surface area contributed by atoms with Crippen LogP contribution in [0.5, 0.6) is 0 Å². The quantitative estimate of drug-likeness (QED) is 0.740. The van der Waals surface area contributed by atoms with Gasteiger partial charge in [-0.25, -0.2) is 0 Å². The van der Waals surface area contributed by atoms with Crippen LogP contribution in [0.2, 0.25) is 0 Å². The summed E-state index contributed by atoms with van der Waals surface area (Å²) in [6, 6.07) is 9.02. The Balaban J connectivity index is 2.58. The molecule has 0 spiro atoms. The number of benzene rings is 1. The highest BCUT2D eigenvalue weighted by Gasteiger charge is 2.21. The number of hydrogen-bond donors (Lipinski definition) is 1. The zero-order valence-electron chi connectivity index (χ0n) is 9.42. The van der Waals surface area contributed by atoms with Gasteiger partial charge >= 0.3 is 0 Å². The summed E-state index contributed by atoms with van der Waals surface area (Å²) in [7, 11) is 2.78. The first-order valence-corrected chi connectivity index (χ1v) is 5.00. The second-order valence-corrected chi connectivity index (χ2v) is 3.40. The van der Waals surface area contributed by atoms with E-state index in [9.17, 15) is 9.90 Å². The summed E-state index contributed by atoms with van der Waals surface area (Å²) in [6.45, 7) is 0. The lowest BCUT2D eigenvalue weighted by Crippen LogP contribution is -2.26. The summed E-state index contributed by atoms with van der Waals surface area (Å²) < 4.78 is 9.63. The molecule has 0 aliphatic heterocycles. The summed E-state index contributed by atoms with van der Waals surface area (Å²) in [5, 5.41) is 9.80. The number of hydrogen-bond acceptors (Lipinski definition) is 4. The van der Waals surface area contributed by atoms with Crippen LogP contribution in [0.4, 0.5) is 0 Å². The molecule has 1 N–H and O–H groups in total. The SMILES string of the molecule is COC(OC)C(=O)CC(O)c1ccccc1. The standard InChI is InChI=1S/C12H16O4/c1-15-12(16-2)11(14)8-10(13)9-6-4-3-5-7-9/h3-7,10,12-13H,8H2,1-2H3. The van der Waals surface area contributed by atoms with E-state index in [4.69, 9.17) is 9.47 Å². The van der Waals surface area contributed by atoms with Crippen LogP contribution in [-0.2, 0) is 14.3 Å². The Bertz CT molecular complexity index is 319. The predicted octanol–water partition coefficient (Wildman–Crippen LogP) is 1.30. The van der Waals surface area contributed by atoms with Gasteiger partial charge in [0.2, 0.25) is 6.29 Å². The number of aliphatic hydroxyl groups is 1. The minimum Gasteiger partial charge on any atom is -0.388 e. The molecule has 1 atom stereocenters. The van der Waals surface area contributed by atoms with Crippen molar-refractivity contribution in [2.24, 2.45) is 0 Å². The van der Waals surface area contributed by atoms with E-state index in [1.54, 1.807) is 12.1 Å². The molecule has 0 saturated heterocycles. The number of methoxy groups -OCH3 is 2. The normalized spacial score (nSPS) is 12.8. The monoisotopic (exact) mass is 224 g/mol. The first-order chi connectivity index (χ1) is 7.69. The van der Waals surface area contributed by atoms with E-state index >= 15 is 0 Å². The molecule has 0 amide bonds. The number of carbonyl (C=O) groups excluding carboxylic acids is 1. The highest BCUT2D eigenvalue weighted by atomic mass is 16.7. The molecular formula is C12H16O4. The first kappa shape index (κ1) is 12.8. The lowest BCUT2D eigenvalue weighted by Gasteiger charge is -2.15. The maximum atomic E-state index is 11.6. The van der Waals surface area contributed by atoms with Gasteiger partial charge in [-0.15, -0.1) is 0 Å². The van der Waals surface area contributed by atoms with Crippen molar-refractivity contribution in [3.05, 3.63) is 35.9 Å². The highest BCUT2D eigenvalue weighted by Crippen LogP contribution is 2.17. The third-order valence-corrected chi connectivity index (χ3v) is 2.27. The van der Waals surface area contributed by atoms with Crippen molar-refractivity contribution in [3.63, 3.8) is 0 Å². The van der Waals surface area contributed by atoms with Gasteiger partial charge in [-0.1, -0.05) is 30.3 Å². The lowest BCUT2D eigenvalue weighted by atomic mass is 10.0. The van der Waals surface area contributed by atoms with E-state index in [2.05, 4.69) is 0 Å². The molecule has 0 saturated carbocycles. The van der Waals surface area contributed by atoms with E-state index in [1.165, 1.54) is 14.2 Å². The van der Waals surface area contributed by atoms with Crippen LogP contribution in [0, 0.1) is 0 Å². The Morgan fingerprint density at radius 3 is 2.31 bits per heavy atom. The number of carbonyl (C=O) groups is 1. The highest BCUT2D eigenvalue weighted by molar-refractivity contribution is 5.82. The van der Waals surface area contributed by atoms with Crippen molar-refractivity contribution in [1.29, 1.82) is 0 Å². The summed E-state index contributed by atoms with van der Waals surface area (Å²) >= 11 is 0. The average Bonchev–Trinajstić information content (AvgIpc) is 2.31. The number of Topliss-reactive ketones (excluding diaryl/α,β-unsaturated/α-hetero) is 1. The molecule has 0 aromatic heterocycles. The molecule has 0 aliphatic carbocycles. The smallest absolute Gasteiger partial charge is 0.217 e. The number of rotatable bonds is 6. The molecule has 0 bridgehead atoms. The van der Waals surface area contributed by atoms with Gasteiger partial charge < -0.3 is 14.6 Å². The molecule has 88 valence electrons. The molecule has 1 unspecified atom stereocenters. The fourth-order valence-electron chi connectivity index (χ4n) is 1.44. The van der Waals surface area contributed by atoms with Crippen LogP contribution < -0.4 is 0 Å². The summed E-state index contributed by atoms with van der Waals surface area (Å²) in [6.07, 6.45) is -1.74. The molecule has 4 heteroatoms. The maximum absolute atomic E-state index is 11.6. The lowest BCUT2D eigenvalue weighted by molar-refractivity contribution is -0.158. The van der Waals surface area contributed by atoms with Crippen molar-refractivity contribution in [3.8, 4) is 0 Å². The number of aliphatic hydroxyl groups excluding tert-OH is 1. The third-order valence-electron chi connectivity index (χ3n) is 2.27. The van der Waals surface area contributed by atoms with Crippen LogP contribution in [0.25, 0.3) is 0 Å². The molecule has 16 heavy (non-hydrogen) atoms. The van der Waals surface area contributed by atoms with E-state index < -0.39 is 12.4 Å². The third kappa shape index (κ3) is 3.41. The summed E-state index contributed by atoms with van der Waals surface area (Å²) in [5.41, 5.74) is 0.710. The molecule has 1 aromatic carbocycles. The Morgan fingerprint density at radius 2 is 1.81 bits per heavy atom. The molecule has 1 rings (SSSR count). The minimum atomic E-state index is -0.904. The molecule has 0 aliphatic rings. The van der Waals surface area contributed by atoms with Crippen molar-refractivity contribution in [2.75, 3.05) is 14.2 Å². The molecule has 0 fully saturated rings. The number of ether oxygens (including phenoxy) is 2. The van der Waals surface area contributed by atoms with Gasteiger partial charge in [0, 0.05) is 20.6 Å². The Morgan fingerprint density at radius 1 is 1.25 bits per heavy atom. The molecule has 4 nitrogen and oxygen atoms in total. The van der Waals surface area contributed by atoms with Crippen molar-refractivity contribution < 1.29 is 19.4 Å². The zero-order chi connectivity index (χ0) is 12.0. The first-order valence-electron chi connectivity index (χ1n) is 5.00. The van der Waals surface area contributed by atoms with Crippen molar-refractivity contribution >= 4 is 5.78 Å². The Hall–Kier alpha value is -1.23. The number of ketones is 1. The molecular weight excluding hydrogens is 208 g/mol. The second-order valence-electron chi connectivity index (χ2n) is 3.40. The Kier molecular flexibility index (Phi) is 5.11. The van der Waals surface area contributed by atoms with Gasteiger partial charge in [-0.05, 0) is 5.56 Å². The Labute approximate surface area is 94.8 Å². The molecule has 0 heterocycles. The average molecular weight is 224 g/mol. The fourth-order valence-corrected chi connectivity index (χ4v) is 1.44. The van der Waals surface area contributed by atoms with Crippen molar-refractivity contribution in [1.82, 2.24) is 0 Å². The zero-order valence-corrected chi connectivity index (χ0v) is 9.42. The van der Waals surface area contributed by atoms with Gasteiger partial charge in [-0.2, -0.15) is 0 Å². The summed E-state index contributed by atoms with van der Waals surface area (Å²) in [5.74, 6) is -0.277. The van der Waals surface area contributed by atoms with Crippen LogP contribution in [0.15, 0.2) is 30.3 Å². The van der Waals surface area contributed by atoms with Gasteiger partial charge in [0.1, 0.15) is 0 Å². The van der Waals surface area contributed by atoms with E-state index in [0.29, 0.717) is 5.56 Å². The van der Waals surface area contributed by atoms with Gasteiger partial charge in [0.25, 0.3) is 0 Å². The van der Waals surface area contributed by atoms with Crippen molar-refractivity contribution in [2.45, 2.75) is 18.8 Å². The predicted molar refractivity (Wildman–Crippen MR) is 58.8 cm³/mol. The summed E-state index contributed by atoms with van der Waals surface area (Å²) in [4.78, 5) is 11.6. The molecule has 1 aromatic rings. The van der Waals surface area contributed by atoms with Crippen LogP contribution in [0.3, 0.4) is 0 Å². The maximum Gasteiger partial charge on any atom is 0.217 e. The minimum absolute atomic E-state index is 0.0175. The largest absolute Gasteiger partial charge is 0.388 e. The topological polar surface area (TPSA) is 55.8 Å². The van der Waals surface area contributed by atoms with E-state index in [1.807, 2.05) is 18.2 Å². The van der Waals surface area contributed by atoms with Gasteiger partial charge in [-0.3, -0.25) is 4.79 Å². The van der Waals surface area contributed by atoms with E-state index in [0.717, 1.165) is 0 Å². The second kappa shape index (κ2) is 6.37. The van der Waals surface area contributed by atoms with Crippen LogP contribution in [0.1, 0.15) is 18.1 Å². The van der Waals surface area contributed by atoms with Gasteiger partial charge in [0.05, 0.1) is 6.10 Å². The molecule has 0 radical (unpaired) electrons.